The van der Waals surface area contributed by atoms with E-state index in [2.05, 4.69) is 10.3 Å². The number of ether oxygens (including phenoxy) is 1. The van der Waals surface area contributed by atoms with Gasteiger partial charge in [0.05, 0.1) is 18.1 Å². The lowest BCUT2D eigenvalue weighted by atomic mass is 10.1. The molecule has 0 saturated carbocycles. The van der Waals surface area contributed by atoms with E-state index < -0.39 is 15.7 Å². The van der Waals surface area contributed by atoms with E-state index in [1.54, 1.807) is 7.05 Å². The van der Waals surface area contributed by atoms with Crippen LogP contribution in [-0.2, 0) is 14.6 Å². The predicted octanol–water partition coefficient (Wildman–Crippen LogP) is -0.283. The van der Waals surface area contributed by atoms with Gasteiger partial charge in [-0.15, -0.1) is 0 Å². The summed E-state index contributed by atoms with van der Waals surface area (Å²) in [5.74, 6) is -0.671. The number of amides is 2. The highest BCUT2D eigenvalue weighted by Crippen LogP contribution is 2.18. The van der Waals surface area contributed by atoms with Gasteiger partial charge in [-0.1, -0.05) is 0 Å². The van der Waals surface area contributed by atoms with Gasteiger partial charge in [0.15, 0.2) is 9.84 Å². The van der Waals surface area contributed by atoms with Crippen molar-refractivity contribution >= 4 is 21.7 Å². The minimum atomic E-state index is -3.08. The van der Waals surface area contributed by atoms with Crippen LogP contribution in [-0.4, -0.2) is 75.0 Å². The van der Waals surface area contributed by atoms with Crippen LogP contribution < -0.4 is 5.32 Å². The number of rotatable bonds is 6. The maximum atomic E-state index is 12.5. The SMILES string of the molecule is COCCNC(=O)c1ccnc(C(=O)N(C)C2CCS(=O)(=O)C2)c1. The molecule has 132 valence electrons. The third-order valence-corrected chi connectivity index (χ3v) is 5.66. The molecule has 1 aliphatic rings. The highest BCUT2D eigenvalue weighted by Gasteiger charge is 2.33. The fourth-order valence-corrected chi connectivity index (χ4v) is 4.26. The molecule has 1 aromatic heterocycles. The molecule has 2 heterocycles. The molecule has 2 rings (SSSR count). The zero-order valence-corrected chi connectivity index (χ0v) is 14.5. The van der Waals surface area contributed by atoms with Crippen LogP contribution >= 0.6 is 0 Å². The zero-order valence-electron chi connectivity index (χ0n) is 13.7. The molecule has 0 bridgehead atoms. The molecule has 1 atom stereocenters. The summed E-state index contributed by atoms with van der Waals surface area (Å²) in [7, 11) is 0.0116. The summed E-state index contributed by atoms with van der Waals surface area (Å²) in [6.45, 7) is 0.752. The van der Waals surface area contributed by atoms with Crippen LogP contribution in [0.15, 0.2) is 18.3 Å². The molecule has 1 fully saturated rings. The smallest absolute Gasteiger partial charge is 0.272 e. The molecule has 0 aromatic carbocycles. The van der Waals surface area contributed by atoms with E-state index in [0.29, 0.717) is 25.1 Å². The first-order valence-electron chi connectivity index (χ1n) is 7.55. The second-order valence-electron chi connectivity index (χ2n) is 5.65. The van der Waals surface area contributed by atoms with Crippen molar-refractivity contribution in [2.75, 3.05) is 38.8 Å². The largest absolute Gasteiger partial charge is 0.383 e. The normalized spacial score (nSPS) is 19.0. The van der Waals surface area contributed by atoms with Gasteiger partial charge in [-0.05, 0) is 18.6 Å². The van der Waals surface area contributed by atoms with Crippen LogP contribution in [0.4, 0.5) is 0 Å². The maximum absolute atomic E-state index is 12.5. The summed E-state index contributed by atoms with van der Waals surface area (Å²) in [5, 5.41) is 2.67. The van der Waals surface area contributed by atoms with Gasteiger partial charge < -0.3 is 15.0 Å². The number of aromatic nitrogens is 1. The van der Waals surface area contributed by atoms with E-state index in [-0.39, 0.29) is 29.1 Å². The minimum Gasteiger partial charge on any atom is -0.383 e. The van der Waals surface area contributed by atoms with Crippen LogP contribution in [0, 0.1) is 0 Å². The van der Waals surface area contributed by atoms with Crippen molar-refractivity contribution in [3.05, 3.63) is 29.6 Å². The summed E-state index contributed by atoms with van der Waals surface area (Å²) in [5.41, 5.74) is 0.429. The van der Waals surface area contributed by atoms with Gasteiger partial charge in [0.2, 0.25) is 0 Å². The second kappa shape index (κ2) is 7.71. The van der Waals surface area contributed by atoms with Crippen molar-refractivity contribution < 1.29 is 22.7 Å². The van der Waals surface area contributed by atoms with Crippen molar-refractivity contribution in [2.45, 2.75) is 12.5 Å². The zero-order chi connectivity index (χ0) is 17.7. The van der Waals surface area contributed by atoms with Gasteiger partial charge in [-0.25, -0.2) is 8.42 Å². The van der Waals surface area contributed by atoms with Gasteiger partial charge in [0, 0.05) is 38.5 Å². The molecular weight excluding hydrogens is 334 g/mol. The Morgan fingerprint density at radius 3 is 2.83 bits per heavy atom. The molecule has 9 heteroatoms. The van der Waals surface area contributed by atoms with E-state index in [4.69, 9.17) is 4.74 Å². The summed E-state index contributed by atoms with van der Waals surface area (Å²) in [6, 6.07) is 2.56. The summed E-state index contributed by atoms with van der Waals surface area (Å²) in [4.78, 5) is 29.9. The first-order chi connectivity index (χ1) is 11.3. The van der Waals surface area contributed by atoms with Gasteiger partial charge in [0.25, 0.3) is 11.8 Å². The summed E-state index contributed by atoms with van der Waals surface area (Å²) in [6.07, 6.45) is 1.81. The van der Waals surface area contributed by atoms with Crippen molar-refractivity contribution in [3.8, 4) is 0 Å². The first-order valence-corrected chi connectivity index (χ1v) is 9.37. The average Bonchev–Trinajstić information content (AvgIpc) is 2.93. The molecule has 1 saturated heterocycles. The monoisotopic (exact) mass is 355 g/mol. The van der Waals surface area contributed by atoms with E-state index in [1.807, 2.05) is 0 Å². The van der Waals surface area contributed by atoms with Crippen molar-refractivity contribution in [2.24, 2.45) is 0 Å². The quantitative estimate of drug-likeness (QED) is 0.704. The number of carbonyl (C=O) groups excluding carboxylic acids is 2. The lowest BCUT2D eigenvalue weighted by Gasteiger charge is -2.23. The molecule has 1 N–H and O–H groups in total. The number of carbonyl (C=O) groups is 2. The fourth-order valence-electron chi connectivity index (χ4n) is 2.48. The maximum Gasteiger partial charge on any atom is 0.272 e. The highest BCUT2D eigenvalue weighted by molar-refractivity contribution is 7.91. The Labute approximate surface area is 141 Å². The number of nitrogens with zero attached hydrogens (tertiary/aromatic N) is 2. The average molecular weight is 355 g/mol. The van der Waals surface area contributed by atoms with E-state index in [0.717, 1.165) is 0 Å². The first kappa shape index (κ1) is 18.3. The van der Waals surface area contributed by atoms with E-state index in [1.165, 1.54) is 30.3 Å². The lowest BCUT2D eigenvalue weighted by Crippen LogP contribution is -2.38. The molecule has 0 aliphatic carbocycles. The number of sulfone groups is 1. The third-order valence-electron chi connectivity index (χ3n) is 3.91. The van der Waals surface area contributed by atoms with Gasteiger partial charge in [-0.3, -0.25) is 14.6 Å². The number of pyridine rings is 1. The number of hydrogen-bond donors (Lipinski definition) is 1. The second-order valence-corrected chi connectivity index (χ2v) is 7.88. The Morgan fingerprint density at radius 1 is 1.46 bits per heavy atom. The van der Waals surface area contributed by atoms with Crippen molar-refractivity contribution in [1.29, 1.82) is 0 Å². The topological polar surface area (TPSA) is 106 Å². The fraction of sp³-hybridized carbons (Fsp3) is 0.533. The minimum absolute atomic E-state index is 0.0353. The number of nitrogens with one attached hydrogen (secondary N) is 1. The molecule has 0 radical (unpaired) electrons. The molecule has 0 spiro atoms. The summed E-state index contributed by atoms with van der Waals surface area (Å²) < 4.78 is 28.0. The van der Waals surface area contributed by atoms with Crippen LogP contribution in [0.3, 0.4) is 0 Å². The molecule has 8 nitrogen and oxygen atoms in total. The Kier molecular flexibility index (Phi) is 5.89. The van der Waals surface area contributed by atoms with Crippen molar-refractivity contribution in [3.63, 3.8) is 0 Å². The van der Waals surface area contributed by atoms with E-state index in [9.17, 15) is 18.0 Å². The van der Waals surface area contributed by atoms with Gasteiger partial charge in [0.1, 0.15) is 5.69 Å². The lowest BCUT2D eigenvalue weighted by molar-refractivity contribution is 0.0741. The molecule has 24 heavy (non-hydrogen) atoms. The molecular formula is C15H21N3O5S. The highest BCUT2D eigenvalue weighted by atomic mass is 32.2. The number of methoxy groups -OCH3 is 1. The van der Waals surface area contributed by atoms with Gasteiger partial charge >= 0.3 is 0 Å². The Balaban J connectivity index is 2.07. The van der Waals surface area contributed by atoms with Crippen LogP contribution in [0.25, 0.3) is 0 Å². The Hall–Kier alpha value is -2.00. The van der Waals surface area contributed by atoms with Crippen molar-refractivity contribution in [1.82, 2.24) is 15.2 Å². The molecule has 1 aromatic rings. The third kappa shape index (κ3) is 4.51. The Bertz CT molecular complexity index is 720. The van der Waals surface area contributed by atoms with Crippen LogP contribution in [0.5, 0.6) is 0 Å². The van der Waals surface area contributed by atoms with Crippen LogP contribution in [0.2, 0.25) is 0 Å². The van der Waals surface area contributed by atoms with Gasteiger partial charge in [-0.2, -0.15) is 0 Å². The standard InChI is InChI=1S/C15H21N3O5S/c1-18(12-4-8-24(21,22)10-12)15(20)13-9-11(3-5-16-13)14(19)17-6-7-23-2/h3,5,9,12H,4,6-8,10H2,1-2H3,(H,17,19). The molecule has 2 amide bonds. The summed E-state index contributed by atoms with van der Waals surface area (Å²) >= 11 is 0. The Morgan fingerprint density at radius 2 is 2.21 bits per heavy atom. The number of hydrogen-bond acceptors (Lipinski definition) is 6. The predicted molar refractivity (Wildman–Crippen MR) is 87.6 cm³/mol. The van der Waals surface area contributed by atoms with E-state index >= 15 is 0 Å². The molecule has 1 unspecified atom stereocenters. The van der Waals surface area contributed by atoms with Crippen LogP contribution in [0.1, 0.15) is 27.3 Å². The molecule has 1 aliphatic heterocycles.